The van der Waals surface area contributed by atoms with Crippen LogP contribution in [0.4, 0.5) is 18.9 Å². The molecule has 0 aliphatic carbocycles. The Morgan fingerprint density at radius 1 is 1.28 bits per heavy atom. The summed E-state index contributed by atoms with van der Waals surface area (Å²) in [6.07, 6.45) is -2.94. The summed E-state index contributed by atoms with van der Waals surface area (Å²) in [7, 11) is 0. The average molecular weight is 368 g/mol. The van der Waals surface area contributed by atoms with Crippen LogP contribution in [0.2, 0.25) is 0 Å². The van der Waals surface area contributed by atoms with E-state index < -0.39 is 12.8 Å². The monoisotopic (exact) mass is 368 g/mol. The Bertz CT molecular complexity index is 895. The Kier molecular flexibility index (Phi) is 4.76. The molecule has 0 atom stereocenters. The number of benzene rings is 1. The number of hydrogen-bond acceptors (Lipinski definition) is 5. The molecule has 0 saturated heterocycles. The molecule has 9 heteroatoms. The van der Waals surface area contributed by atoms with Crippen molar-refractivity contribution in [1.29, 1.82) is 0 Å². The molecule has 2 heterocycles. The quantitative estimate of drug-likeness (QED) is 0.524. The second-order valence-electron chi connectivity index (χ2n) is 5.36. The zero-order valence-corrected chi connectivity index (χ0v) is 14.0. The number of aromatic amines is 1. The standard InChI is InChI=1S/C16H15F3N4OS/c1-9-12(21-6-5-13(9)24-8-16(17,18)19)7-25-15-22-11-4-2-3-10(20)14(11)23-15/h2-6H,7-8,20H2,1H3,(H,22,23). The van der Waals surface area contributed by atoms with Gasteiger partial charge in [0.05, 0.1) is 16.9 Å². The number of rotatable bonds is 5. The Morgan fingerprint density at radius 3 is 2.80 bits per heavy atom. The van der Waals surface area contributed by atoms with Gasteiger partial charge in [-0.2, -0.15) is 13.2 Å². The molecule has 5 nitrogen and oxygen atoms in total. The van der Waals surface area contributed by atoms with E-state index in [1.54, 1.807) is 13.0 Å². The Labute approximate surface area is 145 Å². The maximum absolute atomic E-state index is 12.3. The van der Waals surface area contributed by atoms with Gasteiger partial charge in [-0.25, -0.2) is 4.98 Å². The van der Waals surface area contributed by atoms with Crippen LogP contribution in [0.5, 0.6) is 5.75 Å². The van der Waals surface area contributed by atoms with Crippen LogP contribution in [0.1, 0.15) is 11.3 Å². The number of H-pyrrole nitrogens is 1. The number of nitrogens with zero attached hydrogens (tertiary/aromatic N) is 2. The van der Waals surface area contributed by atoms with Gasteiger partial charge in [0.15, 0.2) is 11.8 Å². The first-order valence-corrected chi connectivity index (χ1v) is 8.33. The molecule has 0 unspecified atom stereocenters. The highest BCUT2D eigenvalue weighted by Gasteiger charge is 2.28. The molecule has 0 amide bonds. The van der Waals surface area contributed by atoms with Crippen LogP contribution in [0.25, 0.3) is 11.0 Å². The second kappa shape index (κ2) is 6.83. The summed E-state index contributed by atoms with van der Waals surface area (Å²) in [5.74, 6) is 0.617. The number of ether oxygens (including phenoxy) is 1. The summed E-state index contributed by atoms with van der Waals surface area (Å²) in [5.41, 5.74) is 9.19. The molecule has 1 aromatic carbocycles. The van der Waals surface area contributed by atoms with Crippen LogP contribution in [-0.2, 0) is 5.75 Å². The first kappa shape index (κ1) is 17.4. The first-order valence-electron chi connectivity index (χ1n) is 7.34. The van der Waals surface area contributed by atoms with Gasteiger partial charge >= 0.3 is 6.18 Å². The van der Waals surface area contributed by atoms with Crippen molar-refractivity contribution in [3.63, 3.8) is 0 Å². The van der Waals surface area contributed by atoms with Crippen LogP contribution in [0.15, 0.2) is 35.6 Å². The number of nitrogen functional groups attached to an aromatic ring is 1. The minimum atomic E-state index is -4.38. The van der Waals surface area contributed by atoms with Crippen LogP contribution < -0.4 is 10.5 Å². The molecular weight excluding hydrogens is 353 g/mol. The van der Waals surface area contributed by atoms with Gasteiger partial charge in [-0.15, -0.1) is 0 Å². The molecule has 3 aromatic rings. The maximum Gasteiger partial charge on any atom is 0.422 e. The lowest BCUT2D eigenvalue weighted by molar-refractivity contribution is -0.153. The molecule has 0 aliphatic heterocycles. The third-order valence-corrected chi connectivity index (χ3v) is 4.40. The number of nitrogens with one attached hydrogen (secondary N) is 1. The Hall–Kier alpha value is -2.42. The summed E-state index contributed by atoms with van der Waals surface area (Å²) in [4.78, 5) is 11.8. The van der Waals surface area contributed by atoms with Crippen LogP contribution in [0.3, 0.4) is 0 Å². The number of imidazole rings is 1. The highest BCUT2D eigenvalue weighted by atomic mass is 32.2. The lowest BCUT2D eigenvalue weighted by Gasteiger charge is -2.13. The zero-order valence-electron chi connectivity index (χ0n) is 13.2. The van der Waals surface area contributed by atoms with E-state index in [-0.39, 0.29) is 5.75 Å². The minimum Gasteiger partial charge on any atom is -0.484 e. The Morgan fingerprint density at radius 2 is 2.08 bits per heavy atom. The second-order valence-corrected chi connectivity index (χ2v) is 6.32. The minimum absolute atomic E-state index is 0.178. The molecule has 25 heavy (non-hydrogen) atoms. The molecule has 0 radical (unpaired) electrons. The fraction of sp³-hybridized carbons (Fsp3) is 0.250. The van der Waals surface area contributed by atoms with Crippen molar-refractivity contribution in [2.24, 2.45) is 0 Å². The van der Waals surface area contributed by atoms with E-state index in [9.17, 15) is 13.2 Å². The molecular formula is C16H15F3N4OS. The molecule has 3 rings (SSSR count). The van der Waals surface area contributed by atoms with E-state index in [1.165, 1.54) is 24.0 Å². The number of halogens is 3. The smallest absolute Gasteiger partial charge is 0.422 e. The highest BCUT2D eigenvalue weighted by molar-refractivity contribution is 7.98. The van der Waals surface area contributed by atoms with Gasteiger partial charge in [0.25, 0.3) is 0 Å². The molecule has 3 N–H and O–H groups in total. The van der Waals surface area contributed by atoms with Crippen molar-refractivity contribution in [2.75, 3.05) is 12.3 Å². The fourth-order valence-electron chi connectivity index (χ4n) is 2.26. The molecule has 132 valence electrons. The van der Waals surface area contributed by atoms with Crippen molar-refractivity contribution in [3.05, 3.63) is 41.7 Å². The van der Waals surface area contributed by atoms with Crippen molar-refractivity contribution in [2.45, 2.75) is 24.0 Å². The number of pyridine rings is 1. The summed E-state index contributed by atoms with van der Waals surface area (Å²) < 4.78 is 41.8. The highest BCUT2D eigenvalue weighted by Crippen LogP contribution is 2.29. The summed E-state index contributed by atoms with van der Waals surface area (Å²) in [6, 6.07) is 6.90. The number of nitrogens with two attached hydrogens (primary N) is 1. The van der Waals surface area contributed by atoms with E-state index in [1.807, 2.05) is 12.1 Å². The largest absolute Gasteiger partial charge is 0.484 e. The maximum atomic E-state index is 12.3. The van der Waals surface area contributed by atoms with E-state index in [0.29, 0.717) is 33.4 Å². The number of para-hydroxylation sites is 1. The van der Waals surface area contributed by atoms with Crippen molar-refractivity contribution in [1.82, 2.24) is 15.0 Å². The third kappa shape index (κ3) is 4.16. The van der Waals surface area contributed by atoms with Gasteiger partial charge < -0.3 is 15.5 Å². The first-order chi connectivity index (χ1) is 11.8. The number of hydrogen-bond donors (Lipinski definition) is 2. The van der Waals surface area contributed by atoms with E-state index in [2.05, 4.69) is 15.0 Å². The summed E-state index contributed by atoms with van der Waals surface area (Å²) >= 11 is 1.39. The molecule has 0 fully saturated rings. The van der Waals surface area contributed by atoms with Crippen molar-refractivity contribution >= 4 is 28.5 Å². The molecule has 0 aliphatic rings. The number of fused-ring (bicyclic) bond motifs is 1. The molecule has 0 bridgehead atoms. The zero-order chi connectivity index (χ0) is 18.0. The van der Waals surface area contributed by atoms with Gasteiger partial charge in [0.2, 0.25) is 0 Å². The number of aromatic nitrogens is 3. The van der Waals surface area contributed by atoms with E-state index >= 15 is 0 Å². The molecule has 0 saturated carbocycles. The number of anilines is 1. The topological polar surface area (TPSA) is 76.8 Å². The summed E-state index contributed by atoms with van der Waals surface area (Å²) in [6.45, 7) is 0.360. The lowest BCUT2D eigenvalue weighted by atomic mass is 10.2. The van der Waals surface area contributed by atoms with Gasteiger partial charge in [0, 0.05) is 17.5 Å². The van der Waals surface area contributed by atoms with Crippen LogP contribution in [0, 0.1) is 6.92 Å². The average Bonchev–Trinajstić information content (AvgIpc) is 2.96. The predicted molar refractivity (Wildman–Crippen MR) is 90.6 cm³/mol. The number of alkyl halides is 3. The summed E-state index contributed by atoms with van der Waals surface area (Å²) in [5, 5.41) is 0.663. The van der Waals surface area contributed by atoms with E-state index in [4.69, 9.17) is 10.5 Å². The third-order valence-electron chi connectivity index (χ3n) is 3.52. The normalized spacial score (nSPS) is 11.8. The van der Waals surface area contributed by atoms with Gasteiger partial charge in [-0.1, -0.05) is 17.8 Å². The van der Waals surface area contributed by atoms with Crippen LogP contribution in [-0.4, -0.2) is 27.7 Å². The number of thioether (sulfide) groups is 1. The van der Waals surface area contributed by atoms with Crippen LogP contribution >= 0.6 is 11.8 Å². The SMILES string of the molecule is Cc1c(OCC(F)(F)F)ccnc1CSc1nc2c(N)cccc2[nH]1. The lowest BCUT2D eigenvalue weighted by Crippen LogP contribution is -2.19. The van der Waals surface area contributed by atoms with E-state index in [0.717, 1.165) is 5.52 Å². The molecule has 2 aromatic heterocycles. The van der Waals surface area contributed by atoms with Gasteiger partial charge in [-0.05, 0) is 25.1 Å². The molecule has 0 spiro atoms. The van der Waals surface area contributed by atoms with Gasteiger partial charge in [0.1, 0.15) is 11.3 Å². The van der Waals surface area contributed by atoms with Gasteiger partial charge in [-0.3, -0.25) is 4.98 Å². The fourth-order valence-corrected chi connectivity index (χ4v) is 3.16. The van der Waals surface area contributed by atoms with Crippen molar-refractivity contribution < 1.29 is 17.9 Å². The predicted octanol–water partition coefficient (Wildman–Crippen LogP) is 4.08. The Balaban J connectivity index is 1.73. The van der Waals surface area contributed by atoms with Crippen molar-refractivity contribution in [3.8, 4) is 5.75 Å².